The molecule has 0 spiro atoms. The summed E-state index contributed by atoms with van der Waals surface area (Å²) in [5.74, 6) is 1.15. The number of hydrogen-bond acceptors (Lipinski definition) is 6. The van der Waals surface area contributed by atoms with Gasteiger partial charge in [-0.1, -0.05) is 12.2 Å². The molecule has 0 aliphatic heterocycles. The second kappa shape index (κ2) is 11.7. The van der Waals surface area contributed by atoms with Gasteiger partial charge in [-0.3, -0.25) is 0 Å². The summed E-state index contributed by atoms with van der Waals surface area (Å²) in [5.41, 5.74) is 13.6. The molecule has 0 bridgehead atoms. The summed E-state index contributed by atoms with van der Waals surface area (Å²) in [4.78, 5) is 21.6. The van der Waals surface area contributed by atoms with Crippen molar-refractivity contribution in [2.75, 3.05) is 18.5 Å². The number of ether oxygens (including phenoxy) is 1. The first-order valence-electron chi connectivity index (χ1n) is 10.0. The third kappa shape index (κ3) is 9.83. The number of rotatable bonds is 4. The van der Waals surface area contributed by atoms with E-state index in [2.05, 4.69) is 25.9 Å². The minimum Gasteiger partial charge on any atom is -0.444 e. The van der Waals surface area contributed by atoms with Gasteiger partial charge in [0.15, 0.2) is 0 Å². The molecule has 0 radical (unpaired) electrons. The molecular formula is C23H34BrN5O2. The van der Waals surface area contributed by atoms with E-state index < -0.39 is 5.60 Å². The van der Waals surface area contributed by atoms with Gasteiger partial charge in [-0.05, 0) is 92.7 Å². The summed E-state index contributed by atoms with van der Waals surface area (Å²) in [5, 5.41) is 0. The van der Waals surface area contributed by atoms with Crippen LogP contribution in [0.25, 0.3) is 6.08 Å². The maximum absolute atomic E-state index is 12.0. The molecule has 4 N–H and O–H groups in total. The Kier molecular flexibility index (Phi) is 9.97. The molecule has 7 nitrogen and oxygen atoms in total. The van der Waals surface area contributed by atoms with Crippen molar-refractivity contribution in [1.82, 2.24) is 14.9 Å². The van der Waals surface area contributed by atoms with Crippen LogP contribution in [0, 0.1) is 13.8 Å². The lowest BCUT2D eigenvalue weighted by atomic mass is 10.1. The van der Waals surface area contributed by atoms with E-state index >= 15 is 0 Å². The molecule has 1 unspecified atom stereocenters. The molecule has 31 heavy (non-hydrogen) atoms. The first kappa shape index (κ1) is 26.4. The number of carbonyl (C=O) groups excluding carboxylic acids is 1. The predicted molar refractivity (Wildman–Crippen MR) is 132 cm³/mol. The Morgan fingerprint density at radius 3 is 2.19 bits per heavy atom. The van der Waals surface area contributed by atoms with E-state index in [1.54, 1.807) is 24.3 Å². The number of halogens is 1. The van der Waals surface area contributed by atoms with Gasteiger partial charge >= 0.3 is 6.09 Å². The summed E-state index contributed by atoms with van der Waals surface area (Å²) in [6.45, 7) is 11.4. The molecule has 0 saturated carbocycles. The lowest BCUT2D eigenvalue weighted by Gasteiger charge is -2.28. The van der Waals surface area contributed by atoms with Crippen LogP contribution in [0.4, 0.5) is 16.4 Å². The van der Waals surface area contributed by atoms with Gasteiger partial charge in [-0.25, -0.2) is 14.8 Å². The zero-order chi connectivity index (χ0) is 23.8. The molecule has 0 saturated heterocycles. The molecule has 2 aromatic heterocycles. The lowest BCUT2D eigenvalue weighted by Crippen LogP contribution is -2.39. The molecule has 170 valence electrons. The maximum atomic E-state index is 12.0. The molecule has 2 rings (SSSR count). The molecule has 0 fully saturated rings. The van der Waals surface area contributed by atoms with Crippen molar-refractivity contribution in [1.29, 1.82) is 0 Å². The van der Waals surface area contributed by atoms with Crippen molar-refractivity contribution in [3.05, 3.63) is 51.8 Å². The average molecular weight is 492 g/mol. The van der Waals surface area contributed by atoms with Gasteiger partial charge in [0.1, 0.15) is 17.2 Å². The number of pyridine rings is 2. The Labute approximate surface area is 194 Å². The molecule has 8 heteroatoms. The third-order valence-corrected chi connectivity index (χ3v) is 4.79. The molecule has 0 aliphatic carbocycles. The van der Waals surface area contributed by atoms with Gasteiger partial charge < -0.3 is 21.1 Å². The van der Waals surface area contributed by atoms with Crippen molar-refractivity contribution in [3.8, 4) is 0 Å². The highest BCUT2D eigenvalue weighted by Crippen LogP contribution is 2.15. The van der Waals surface area contributed by atoms with E-state index in [0.717, 1.165) is 27.6 Å². The predicted octanol–water partition coefficient (Wildman–Crippen LogP) is 5.37. The first-order valence-corrected chi connectivity index (χ1v) is 10.8. The van der Waals surface area contributed by atoms with E-state index in [0.29, 0.717) is 11.6 Å². The van der Waals surface area contributed by atoms with E-state index in [4.69, 9.17) is 16.2 Å². The molecule has 2 heterocycles. The fourth-order valence-electron chi connectivity index (χ4n) is 2.32. The van der Waals surface area contributed by atoms with Gasteiger partial charge in [0.05, 0.1) is 0 Å². The average Bonchev–Trinajstić information content (AvgIpc) is 2.66. The normalized spacial score (nSPS) is 12.1. The highest BCUT2D eigenvalue weighted by Gasteiger charge is 2.22. The minimum absolute atomic E-state index is 0.0499. The Morgan fingerprint density at radius 2 is 1.71 bits per heavy atom. The molecule has 0 aliphatic rings. The highest BCUT2D eigenvalue weighted by molar-refractivity contribution is 9.10. The zero-order valence-corrected chi connectivity index (χ0v) is 21.0. The quantitative estimate of drug-likeness (QED) is 0.595. The van der Waals surface area contributed by atoms with Crippen LogP contribution >= 0.6 is 15.9 Å². The smallest absolute Gasteiger partial charge is 0.410 e. The van der Waals surface area contributed by atoms with Gasteiger partial charge in [0, 0.05) is 30.0 Å². The summed E-state index contributed by atoms with van der Waals surface area (Å²) >= 11 is 3.28. The van der Waals surface area contributed by atoms with Crippen LogP contribution in [0.5, 0.6) is 0 Å². The van der Waals surface area contributed by atoms with Crippen molar-refractivity contribution < 1.29 is 9.53 Å². The standard InChI is InChI=1S/C17H27N3O2.C6H7BrN2/c1-12-10-14(11-19-15(12)18)9-7-8-13(2)20(6)16(21)22-17(3,4)5;1-4-2-5(7)3-9-6(4)8/h7,9-11,13H,8H2,1-6H3,(H2,18,19);2-3H,1H3,(H2,8,9)/b9-7+;. The Bertz CT molecular complexity index is 909. The summed E-state index contributed by atoms with van der Waals surface area (Å²) < 4.78 is 6.32. The number of nitrogens with zero attached hydrogens (tertiary/aromatic N) is 3. The van der Waals surface area contributed by atoms with Gasteiger partial charge in [0.25, 0.3) is 0 Å². The van der Waals surface area contributed by atoms with Crippen LogP contribution in [0.3, 0.4) is 0 Å². The largest absolute Gasteiger partial charge is 0.444 e. The lowest BCUT2D eigenvalue weighted by molar-refractivity contribution is 0.0238. The molecule has 0 aromatic carbocycles. The number of amides is 1. The number of anilines is 2. The van der Waals surface area contributed by atoms with E-state index in [9.17, 15) is 4.79 Å². The van der Waals surface area contributed by atoms with Gasteiger partial charge in [0.2, 0.25) is 0 Å². The summed E-state index contributed by atoms with van der Waals surface area (Å²) in [6.07, 6.45) is 7.86. The Hall–Kier alpha value is -2.61. The van der Waals surface area contributed by atoms with E-state index in [-0.39, 0.29) is 12.1 Å². The Balaban J connectivity index is 0.000000442. The zero-order valence-electron chi connectivity index (χ0n) is 19.4. The molecule has 1 amide bonds. The number of aromatic nitrogens is 2. The SMILES string of the molecule is Cc1cc(/C=C/CC(C)N(C)C(=O)OC(C)(C)C)cnc1N.Cc1cc(Br)cnc1N. The number of nitrogens with two attached hydrogens (primary N) is 2. The van der Waals surface area contributed by atoms with Crippen LogP contribution in [0.15, 0.2) is 35.1 Å². The number of nitrogen functional groups attached to an aromatic ring is 2. The van der Waals surface area contributed by atoms with Crippen LogP contribution < -0.4 is 11.5 Å². The maximum Gasteiger partial charge on any atom is 0.410 e. The van der Waals surface area contributed by atoms with Crippen molar-refractivity contribution >= 4 is 39.7 Å². The van der Waals surface area contributed by atoms with Crippen LogP contribution in [-0.2, 0) is 4.74 Å². The van der Waals surface area contributed by atoms with Crippen molar-refractivity contribution in [3.63, 3.8) is 0 Å². The third-order valence-electron chi connectivity index (χ3n) is 4.36. The number of aryl methyl sites for hydroxylation is 2. The number of hydrogen-bond donors (Lipinski definition) is 2. The highest BCUT2D eigenvalue weighted by atomic mass is 79.9. The summed E-state index contributed by atoms with van der Waals surface area (Å²) in [6, 6.07) is 3.97. The second-order valence-corrected chi connectivity index (χ2v) is 9.32. The molecule has 2 aromatic rings. The topological polar surface area (TPSA) is 107 Å². The monoisotopic (exact) mass is 491 g/mol. The van der Waals surface area contributed by atoms with E-state index in [1.807, 2.05) is 65.8 Å². The van der Waals surface area contributed by atoms with Gasteiger partial charge in [-0.15, -0.1) is 0 Å². The van der Waals surface area contributed by atoms with Crippen LogP contribution in [0.1, 0.15) is 50.8 Å². The van der Waals surface area contributed by atoms with Crippen LogP contribution in [-0.4, -0.2) is 39.7 Å². The minimum atomic E-state index is -0.478. The van der Waals surface area contributed by atoms with Crippen molar-refractivity contribution in [2.24, 2.45) is 0 Å². The second-order valence-electron chi connectivity index (χ2n) is 8.40. The molecule has 1 atom stereocenters. The van der Waals surface area contributed by atoms with E-state index in [1.165, 1.54) is 0 Å². The fraction of sp³-hybridized carbons (Fsp3) is 0.435. The number of carbonyl (C=O) groups is 1. The van der Waals surface area contributed by atoms with Crippen molar-refractivity contribution in [2.45, 2.75) is 59.6 Å². The first-order chi connectivity index (χ1) is 14.3. The summed E-state index contributed by atoms with van der Waals surface area (Å²) in [7, 11) is 1.75. The Morgan fingerprint density at radius 1 is 1.16 bits per heavy atom. The van der Waals surface area contributed by atoms with Gasteiger partial charge in [-0.2, -0.15) is 0 Å². The van der Waals surface area contributed by atoms with Crippen LogP contribution in [0.2, 0.25) is 0 Å². The fourth-order valence-corrected chi connectivity index (χ4v) is 2.77. The molecular weight excluding hydrogens is 458 g/mol.